The Kier molecular flexibility index (Phi) is 7.52. The van der Waals surface area contributed by atoms with Gasteiger partial charge in [-0.05, 0) is 93.9 Å². The average molecular weight is 532 g/mol. The standard InChI is InChI=1S/C32H41N3O4/c1-3-38-27-20-22-12-19-35-30(26(22)21-28(27)39-4-2)29(24-10-6-7-11-25(24)31(35)36)32(37)34-17-13-23(14-18-34)33-15-8-5-9-16-33/h6-7,10-11,20-21,23,29-30H,3-5,8-9,12-19H2,1-2H3/t29-,30-/m0/s1. The van der Waals surface area contributed by atoms with Crippen LogP contribution in [-0.2, 0) is 11.2 Å². The summed E-state index contributed by atoms with van der Waals surface area (Å²) in [5.41, 5.74) is 3.66. The minimum absolute atomic E-state index is 0.0148. The van der Waals surface area contributed by atoms with E-state index in [0.717, 1.165) is 54.8 Å². The molecular formula is C32H41N3O4. The van der Waals surface area contributed by atoms with Crippen LogP contribution in [0.25, 0.3) is 0 Å². The lowest BCUT2D eigenvalue weighted by molar-refractivity contribution is -0.136. The number of fused-ring (bicyclic) bond motifs is 4. The van der Waals surface area contributed by atoms with Gasteiger partial charge in [0.1, 0.15) is 0 Å². The number of hydrogen-bond acceptors (Lipinski definition) is 5. The van der Waals surface area contributed by atoms with Gasteiger partial charge in [0.25, 0.3) is 5.91 Å². The van der Waals surface area contributed by atoms with Crippen LogP contribution in [0.3, 0.4) is 0 Å². The molecule has 2 fully saturated rings. The van der Waals surface area contributed by atoms with Gasteiger partial charge >= 0.3 is 0 Å². The van der Waals surface area contributed by atoms with Gasteiger partial charge in [-0.2, -0.15) is 0 Å². The van der Waals surface area contributed by atoms with Gasteiger partial charge in [0, 0.05) is 31.2 Å². The summed E-state index contributed by atoms with van der Waals surface area (Å²) < 4.78 is 11.9. The van der Waals surface area contributed by atoms with Gasteiger partial charge < -0.3 is 24.2 Å². The maximum Gasteiger partial charge on any atom is 0.254 e. The fourth-order valence-corrected chi connectivity index (χ4v) is 7.27. The largest absolute Gasteiger partial charge is 0.490 e. The molecule has 0 bridgehead atoms. The topological polar surface area (TPSA) is 62.3 Å². The van der Waals surface area contributed by atoms with Crippen LogP contribution in [0.5, 0.6) is 11.5 Å². The van der Waals surface area contributed by atoms with Gasteiger partial charge in [-0.25, -0.2) is 0 Å². The minimum atomic E-state index is -0.433. The Morgan fingerprint density at radius 2 is 1.56 bits per heavy atom. The lowest BCUT2D eigenvalue weighted by atomic mass is 9.75. The second-order valence-electron chi connectivity index (χ2n) is 11.3. The first kappa shape index (κ1) is 26.2. The lowest BCUT2D eigenvalue weighted by Crippen LogP contribution is -2.53. The second-order valence-corrected chi connectivity index (χ2v) is 11.3. The number of carbonyl (C=O) groups excluding carboxylic acids is 2. The predicted octanol–water partition coefficient (Wildman–Crippen LogP) is 4.80. The Labute approximate surface area is 232 Å². The molecule has 0 radical (unpaired) electrons. The van der Waals surface area contributed by atoms with Crippen molar-refractivity contribution in [2.45, 2.75) is 70.4 Å². The average Bonchev–Trinajstić information content (AvgIpc) is 2.98. The van der Waals surface area contributed by atoms with E-state index in [-0.39, 0.29) is 17.9 Å². The van der Waals surface area contributed by atoms with Crippen LogP contribution < -0.4 is 9.47 Å². The Hall–Kier alpha value is -3.06. The number of ether oxygens (including phenoxy) is 2. The summed E-state index contributed by atoms with van der Waals surface area (Å²) in [5, 5.41) is 0. The SMILES string of the molecule is CCOc1cc2c(cc1OCC)[C@H]1[C@@H](C(=O)N3CCC(N4CCCCC4)CC3)c3ccccc3C(=O)N1CC2. The zero-order chi connectivity index (χ0) is 26.9. The summed E-state index contributed by atoms with van der Waals surface area (Å²) in [4.78, 5) is 34.9. The molecule has 2 aromatic rings. The van der Waals surface area contributed by atoms with Crippen LogP contribution in [0.4, 0.5) is 0 Å². The van der Waals surface area contributed by atoms with Gasteiger partial charge in [-0.3, -0.25) is 9.59 Å². The highest BCUT2D eigenvalue weighted by atomic mass is 16.5. The van der Waals surface area contributed by atoms with Crippen molar-refractivity contribution in [3.63, 3.8) is 0 Å². The van der Waals surface area contributed by atoms with Crippen molar-refractivity contribution < 1.29 is 19.1 Å². The first-order valence-corrected chi connectivity index (χ1v) is 15.0. The highest BCUT2D eigenvalue weighted by molar-refractivity contribution is 6.01. The Balaban J connectivity index is 1.35. The molecule has 0 N–H and O–H groups in total. The molecule has 0 spiro atoms. The molecular weight excluding hydrogens is 490 g/mol. The van der Waals surface area contributed by atoms with Crippen LogP contribution in [0.2, 0.25) is 0 Å². The Morgan fingerprint density at radius 1 is 0.872 bits per heavy atom. The van der Waals surface area contributed by atoms with Crippen molar-refractivity contribution >= 4 is 11.8 Å². The van der Waals surface area contributed by atoms with Gasteiger partial charge in [0.05, 0.1) is 25.2 Å². The highest BCUT2D eigenvalue weighted by Crippen LogP contribution is 2.49. The van der Waals surface area contributed by atoms with E-state index in [1.807, 2.05) is 49.1 Å². The molecule has 208 valence electrons. The lowest BCUT2D eigenvalue weighted by Gasteiger charge is -2.47. The van der Waals surface area contributed by atoms with Crippen LogP contribution >= 0.6 is 0 Å². The van der Waals surface area contributed by atoms with E-state index in [2.05, 4.69) is 15.9 Å². The third-order valence-corrected chi connectivity index (χ3v) is 9.13. The highest BCUT2D eigenvalue weighted by Gasteiger charge is 2.48. The molecule has 4 aliphatic heterocycles. The molecule has 6 rings (SSSR count). The minimum Gasteiger partial charge on any atom is -0.490 e. The third kappa shape index (κ3) is 4.79. The summed E-state index contributed by atoms with van der Waals surface area (Å²) in [6.45, 7) is 9.52. The molecule has 0 aromatic heterocycles. The maximum absolute atomic E-state index is 14.5. The van der Waals surface area contributed by atoms with E-state index >= 15 is 0 Å². The van der Waals surface area contributed by atoms with Crippen LogP contribution in [0, 0.1) is 0 Å². The van der Waals surface area contributed by atoms with Crippen molar-refractivity contribution in [1.82, 2.24) is 14.7 Å². The smallest absolute Gasteiger partial charge is 0.254 e. The van der Waals surface area contributed by atoms with E-state index in [0.29, 0.717) is 37.1 Å². The summed E-state index contributed by atoms with van der Waals surface area (Å²) >= 11 is 0. The van der Waals surface area contributed by atoms with Crippen molar-refractivity contribution in [1.29, 1.82) is 0 Å². The van der Waals surface area contributed by atoms with Gasteiger partial charge in [-0.15, -0.1) is 0 Å². The maximum atomic E-state index is 14.5. The molecule has 7 nitrogen and oxygen atoms in total. The number of piperidine rings is 2. The summed E-state index contributed by atoms with van der Waals surface area (Å²) in [5.74, 6) is 1.14. The second kappa shape index (κ2) is 11.2. The number of amides is 2. The number of hydrogen-bond donors (Lipinski definition) is 0. The van der Waals surface area contributed by atoms with Crippen LogP contribution in [0.15, 0.2) is 36.4 Å². The number of rotatable bonds is 6. The van der Waals surface area contributed by atoms with Crippen molar-refractivity contribution in [2.75, 3.05) is 45.9 Å². The quantitative estimate of drug-likeness (QED) is 0.536. The Bertz CT molecular complexity index is 1220. The zero-order valence-corrected chi connectivity index (χ0v) is 23.4. The van der Waals surface area contributed by atoms with E-state index < -0.39 is 5.92 Å². The molecule has 2 atom stereocenters. The molecule has 0 saturated carbocycles. The van der Waals surface area contributed by atoms with Crippen LogP contribution in [0.1, 0.15) is 85.0 Å². The fraction of sp³-hybridized carbons (Fsp3) is 0.562. The number of nitrogens with zero attached hydrogens (tertiary/aromatic N) is 3. The summed E-state index contributed by atoms with van der Waals surface area (Å²) in [6.07, 6.45) is 6.69. The predicted molar refractivity (Wildman–Crippen MR) is 150 cm³/mol. The van der Waals surface area contributed by atoms with E-state index in [1.54, 1.807) is 0 Å². The van der Waals surface area contributed by atoms with Crippen molar-refractivity contribution in [3.05, 3.63) is 58.7 Å². The molecule has 2 saturated heterocycles. The first-order valence-electron chi connectivity index (χ1n) is 15.0. The molecule has 4 aliphatic rings. The summed E-state index contributed by atoms with van der Waals surface area (Å²) in [6, 6.07) is 12.1. The molecule has 0 aliphatic carbocycles. The van der Waals surface area contributed by atoms with Gasteiger partial charge in [0.2, 0.25) is 5.91 Å². The number of benzene rings is 2. The van der Waals surface area contributed by atoms with Crippen LogP contribution in [-0.4, -0.2) is 78.5 Å². The van der Waals surface area contributed by atoms with E-state index in [4.69, 9.17) is 9.47 Å². The molecule has 39 heavy (non-hydrogen) atoms. The molecule has 7 heteroatoms. The molecule has 2 aromatic carbocycles. The molecule has 0 unspecified atom stereocenters. The van der Waals surface area contributed by atoms with E-state index in [9.17, 15) is 9.59 Å². The molecule has 2 amide bonds. The first-order chi connectivity index (χ1) is 19.1. The van der Waals surface area contributed by atoms with Crippen molar-refractivity contribution in [2.24, 2.45) is 0 Å². The Morgan fingerprint density at radius 3 is 2.28 bits per heavy atom. The third-order valence-electron chi connectivity index (χ3n) is 9.13. The monoisotopic (exact) mass is 531 g/mol. The van der Waals surface area contributed by atoms with Crippen molar-refractivity contribution in [3.8, 4) is 11.5 Å². The summed E-state index contributed by atoms with van der Waals surface area (Å²) in [7, 11) is 0. The number of likely N-dealkylation sites (tertiary alicyclic amines) is 2. The normalized spacial score (nSPS) is 23.6. The zero-order valence-electron chi connectivity index (χ0n) is 23.4. The van der Waals surface area contributed by atoms with E-state index in [1.165, 1.54) is 32.4 Å². The fourth-order valence-electron chi connectivity index (χ4n) is 7.27. The molecule has 4 heterocycles. The van der Waals surface area contributed by atoms with Gasteiger partial charge in [0.15, 0.2) is 11.5 Å². The van der Waals surface area contributed by atoms with Gasteiger partial charge in [-0.1, -0.05) is 24.6 Å². The number of carbonyl (C=O) groups is 2.